The SMILES string of the molecule is CC(C)(/C=N/NC(=O)OC(C)(C)C)CO. The number of rotatable bonds is 3. The third-order valence-electron chi connectivity index (χ3n) is 1.38. The molecular formula is C10H20N2O3. The van der Waals surface area contributed by atoms with Crippen molar-refractivity contribution in [2.75, 3.05) is 6.61 Å². The minimum atomic E-state index is -0.604. The third-order valence-corrected chi connectivity index (χ3v) is 1.38. The van der Waals surface area contributed by atoms with Gasteiger partial charge < -0.3 is 9.84 Å². The van der Waals surface area contributed by atoms with E-state index in [4.69, 9.17) is 9.84 Å². The van der Waals surface area contributed by atoms with Crippen molar-refractivity contribution in [1.29, 1.82) is 0 Å². The summed E-state index contributed by atoms with van der Waals surface area (Å²) in [5, 5.41) is 12.6. The summed E-state index contributed by atoms with van der Waals surface area (Å²) in [5.74, 6) is 0. The van der Waals surface area contributed by atoms with Gasteiger partial charge >= 0.3 is 6.09 Å². The molecule has 0 aromatic carbocycles. The first-order valence-electron chi connectivity index (χ1n) is 4.80. The van der Waals surface area contributed by atoms with Gasteiger partial charge in [0.05, 0.1) is 6.61 Å². The van der Waals surface area contributed by atoms with Gasteiger partial charge in [-0.05, 0) is 20.8 Å². The zero-order chi connectivity index (χ0) is 12.1. The molecule has 0 saturated carbocycles. The Hall–Kier alpha value is -1.10. The predicted octanol–water partition coefficient (Wildman–Crippen LogP) is 1.52. The van der Waals surface area contributed by atoms with E-state index in [0.717, 1.165) is 0 Å². The molecule has 0 fully saturated rings. The highest BCUT2D eigenvalue weighted by molar-refractivity contribution is 5.71. The second kappa shape index (κ2) is 5.11. The van der Waals surface area contributed by atoms with Crippen molar-refractivity contribution in [2.24, 2.45) is 10.5 Å². The van der Waals surface area contributed by atoms with Crippen molar-refractivity contribution < 1.29 is 14.6 Å². The highest BCUT2D eigenvalue weighted by atomic mass is 16.6. The lowest BCUT2D eigenvalue weighted by Gasteiger charge is -2.19. The number of aliphatic hydroxyl groups is 1. The number of amides is 1. The van der Waals surface area contributed by atoms with Gasteiger partial charge in [0.15, 0.2) is 0 Å². The van der Waals surface area contributed by atoms with Gasteiger partial charge in [0.1, 0.15) is 5.60 Å². The summed E-state index contributed by atoms with van der Waals surface area (Å²) in [6, 6.07) is 0. The van der Waals surface area contributed by atoms with Crippen molar-refractivity contribution in [3.63, 3.8) is 0 Å². The Morgan fingerprint density at radius 1 is 1.40 bits per heavy atom. The zero-order valence-electron chi connectivity index (χ0n) is 10.00. The maximum atomic E-state index is 11.1. The zero-order valence-corrected chi connectivity index (χ0v) is 10.00. The van der Waals surface area contributed by atoms with Gasteiger partial charge in [0.2, 0.25) is 0 Å². The van der Waals surface area contributed by atoms with E-state index >= 15 is 0 Å². The van der Waals surface area contributed by atoms with Gasteiger partial charge in [-0.25, -0.2) is 10.2 Å². The normalized spacial score (nSPS) is 12.9. The first-order valence-corrected chi connectivity index (χ1v) is 4.80. The molecule has 0 rings (SSSR count). The van der Waals surface area contributed by atoms with Gasteiger partial charge in [-0.1, -0.05) is 13.8 Å². The number of carbonyl (C=O) groups is 1. The van der Waals surface area contributed by atoms with Crippen LogP contribution in [0.25, 0.3) is 0 Å². The molecule has 15 heavy (non-hydrogen) atoms. The van der Waals surface area contributed by atoms with Crippen LogP contribution in [0.5, 0.6) is 0 Å². The summed E-state index contributed by atoms with van der Waals surface area (Å²) < 4.78 is 4.96. The van der Waals surface area contributed by atoms with Crippen molar-refractivity contribution in [1.82, 2.24) is 5.43 Å². The molecule has 1 amide bonds. The summed E-state index contributed by atoms with van der Waals surface area (Å²) in [7, 11) is 0. The third kappa shape index (κ3) is 7.93. The minimum Gasteiger partial charge on any atom is -0.443 e. The van der Waals surface area contributed by atoms with Crippen molar-refractivity contribution in [2.45, 2.75) is 40.2 Å². The Morgan fingerprint density at radius 3 is 2.33 bits per heavy atom. The molecule has 0 radical (unpaired) electrons. The Labute approximate surface area is 90.5 Å². The average molecular weight is 216 g/mol. The molecule has 0 atom stereocenters. The van der Waals surface area contributed by atoms with E-state index in [-0.39, 0.29) is 6.61 Å². The quantitative estimate of drug-likeness (QED) is 0.555. The van der Waals surface area contributed by atoms with Gasteiger partial charge in [0.25, 0.3) is 0 Å². The minimum absolute atomic E-state index is 0.0352. The summed E-state index contributed by atoms with van der Waals surface area (Å²) in [4.78, 5) is 11.1. The second-order valence-corrected chi connectivity index (χ2v) is 5.02. The molecule has 5 nitrogen and oxygen atoms in total. The average Bonchev–Trinajstić information content (AvgIpc) is 2.00. The lowest BCUT2D eigenvalue weighted by Crippen LogP contribution is -2.30. The van der Waals surface area contributed by atoms with Gasteiger partial charge in [0, 0.05) is 11.6 Å². The standard InChI is InChI=1S/C10H20N2O3/c1-9(2,3)15-8(14)12-11-6-10(4,5)7-13/h6,13H,7H2,1-5H3,(H,12,14)/b11-6+. The molecular weight excluding hydrogens is 196 g/mol. The maximum absolute atomic E-state index is 11.1. The van der Waals surface area contributed by atoms with Crippen LogP contribution in [0.4, 0.5) is 4.79 Å². The van der Waals surface area contributed by atoms with E-state index < -0.39 is 17.1 Å². The number of hydrogen-bond acceptors (Lipinski definition) is 4. The van der Waals surface area contributed by atoms with Gasteiger partial charge in [-0.3, -0.25) is 0 Å². The highest BCUT2D eigenvalue weighted by Crippen LogP contribution is 2.09. The van der Waals surface area contributed by atoms with E-state index in [0.29, 0.717) is 0 Å². The molecule has 0 heterocycles. The fraction of sp³-hybridized carbons (Fsp3) is 0.800. The second-order valence-electron chi connectivity index (χ2n) is 5.02. The lowest BCUT2D eigenvalue weighted by molar-refractivity contribution is 0.0529. The molecule has 0 aliphatic carbocycles. The van der Waals surface area contributed by atoms with Gasteiger partial charge in [-0.15, -0.1) is 0 Å². The number of ether oxygens (including phenoxy) is 1. The number of hydrazone groups is 1. The largest absolute Gasteiger partial charge is 0.443 e. The van der Waals surface area contributed by atoms with Crippen LogP contribution in [0.3, 0.4) is 0 Å². The molecule has 0 unspecified atom stereocenters. The maximum Gasteiger partial charge on any atom is 0.428 e. The summed E-state index contributed by atoms with van der Waals surface area (Å²) in [5.41, 5.74) is 1.24. The van der Waals surface area contributed by atoms with Crippen LogP contribution in [-0.4, -0.2) is 29.6 Å². The van der Waals surface area contributed by atoms with E-state index in [2.05, 4.69) is 10.5 Å². The molecule has 0 aromatic rings. The van der Waals surface area contributed by atoms with E-state index in [9.17, 15) is 4.79 Å². The number of aliphatic hydroxyl groups excluding tert-OH is 1. The Kier molecular flexibility index (Phi) is 4.74. The summed E-state index contributed by atoms with van der Waals surface area (Å²) >= 11 is 0. The molecule has 0 aromatic heterocycles. The molecule has 88 valence electrons. The van der Waals surface area contributed by atoms with Gasteiger partial charge in [-0.2, -0.15) is 5.10 Å². The first-order chi connectivity index (χ1) is 6.66. The first kappa shape index (κ1) is 13.9. The molecule has 5 heteroatoms. The van der Waals surface area contributed by atoms with Crippen molar-refractivity contribution >= 4 is 12.3 Å². The lowest BCUT2D eigenvalue weighted by atomic mass is 9.97. The molecule has 0 bridgehead atoms. The molecule has 0 saturated heterocycles. The van der Waals surface area contributed by atoms with Crippen LogP contribution in [0.2, 0.25) is 0 Å². The van der Waals surface area contributed by atoms with E-state index in [1.165, 1.54) is 6.21 Å². The summed E-state index contributed by atoms with van der Waals surface area (Å²) in [6.07, 6.45) is 0.865. The van der Waals surface area contributed by atoms with Crippen LogP contribution >= 0.6 is 0 Å². The smallest absolute Gasteiger partial charge is 0.428 e. The molecule has 2 N–H and O–H groups in total. The Morgan fingerprint density at radius 2 is 1.93 bits per heavy atom. The molecule has 0 spiro atoms. The molecule has 0 aliphatic rings. The Balaban J connectivity index is 4.02. The Bertz CT molecular complexity index is 242. The fourth-order valence-electron chi connectivity index (χ4n) is 0.601. The highest BCUT2D eigenvalue weighted by Gasteiger charge is 2.16. The van der Waals surface area contributed by atoms with Crippen LogP contribution < -0.4 is 5.43 Å². The number of nitrogens with one attached hydrogen (secondary N) is 1. The van der Waals surface area contributed by atoms with Crippen molar-refractivity contribution in [3.8, 4) is 0 Å². The summed E-state index contributed by atoms with van der Waals surface area (Å²) in [6.45, 7) is 8.88. The van der Waals surface area contributed by atoms with Crippen molar-refractivity contribution in [3.05, 3.63) is 0 Å². The van der Waals surface area contributed by atoms with Crippen LogP contribution in [0, 0.1) is 5.41 Å². The topological polar surface area (TPSA) is 70.9 Å². The molecule has 0 aliphatic heterocycles. The number of nitrogens with zero attached hydrogens (tertiary/aromatic N) is 1. The number of carbonyl (C=O) groups excluding carboxylic acids is 1. The van der Waals surface area contributed by atoms with Crippen LogP contribution in [0.15, 0.2) is 5.10 Å². The van der Waals surface area contributed by atoms with Crippen LogP contribution in [-0.2, 0) is 4.74 Å². The monoisotopic (exact) mass is 216 g/mol. The van der Waals surface area contributed by atoms with Crippen LogP contribution in [0.1, 0.15) is 34.6 Å². The number of hydrogen-bond donors (Lipinski definition) is 2. The van der Waals surface area contributed by atoms with E-state index in [1.807, 2.05) is 0 Å². The fourth-order valence-corrected chi connectivity index (χ4v) is 0.601. The predicted molar refractivity (Wildman–Crippen MR) is 58.7 cm³/mol. The van der Waals surface area contributed by atoms with E-state index in [1.54, 1.807) is 34.6 Å².